The van der Waals surface area contributed by atoms with Gasteiger partial charge in [0, 0.05) is 11.6 Å². The fourth-order valence-corrected chi connectivity index (χ4v) is 1.51. The molecule has 0 radical (unpaired) electrons. The summed E-state index contributed by atoms with van der Waals surface area (Å²) in [5.74, 6) is 0. The molecule has 0 aliphatic rings. The van der Waals surface area contributed by atoms with Crippen LogP contribution in [0.1, 0.15) is 31.9 Å². The van der Waals surface area contributed by atoms with Crippen molar-refractivity contribution in [3.63, 3.8) is 0 Å². The van der Waals surface area contributed by atoms with Gasteiger partial charge >= 0.3 is 6.09 Å². The van der Waals surface area contributed by atoms with Crippen molar-refractivity contribution in [3.8, 4) is 0 Å². The zero-order valence-corrected chi connectivity index (χ0v) is 11.4. The number of alkyl carbamates (subject to hydrolysis) is 1. The first-order valence-electron chi connectivity index (χ1n) is 5.50. The van der Waals surface area contributed by atoms with Gasteiger partial charge in [0.05, 0.1) is 0 Å². The summed E-state index contributed by atoms with van der Waals surface area (Å²) in [5.41, 5.74) is 1.60. The standard InChI is InChI=1S/C13H18ClNO2/c1-9-5-6-11(14)7-10(9)8-15-12(16)17-13(2,3)4/h5-7H,8H2,1-4H3,(H,15,16). The van der Waals surface area contributed by atoms with Gasteiger partial charge in [0.2, 0.25) is 0 Å². The lowest BCUT2D eigenvalue weighted by Crippen LogP contribution is -2.32. The summed E-state index contributed by atoms with van der Waals surface area (Å²) in [6, 6.07) is 5.59. The summed E-state index contributed by atoms with van der Waals surface area (Å²) in [5, 5.41) is 3.37. The van der Waals surface area contributed by atoms with Gasteiger partial charge in [-0.3, -0.25) is 0 Å². The van der Waals surface area contributed by atoms with Crippen LogP contribution in [0.4, 0.5) is 4.79 Å². The molecule has 0 atom stereocenters. The number of benzene rings is 1. The van der Waals surface area contributed by atoms with E-state index in [0.29, 0.717) is 11.6 Å². The molecule has 0 heterocycles. The van der Waals surface area contributed by atoms with E-state index in [1.165, 1.54) is 0 Å². The number of halogens is 1. The van der Waals surface area contributed by atoms with Gasteiger partial charge in [-0.05, 0) is 51.0 Å². The highest BCUT2D eigenvalue weighted by molar-refractivity contribution is 6.30. The molecule has 4 heteroatoms. The molecule has 0 unspecified atom stereocenters. The number of carbonyl (C=O) groups excluding carboxylic acids is 1. The van der Waals surface area contributed by atoms with E-state index in [0.717, 1.165) is 11.1 Å². The smallest absolute Gasteiger partial charge is 0.407 e. The van der Waals surface area contributed by atoms with E-state index in [2.05, 4.69) is 5.32 Å². The maximum atomic E-state index is 11.5. The maximum absolute atomic E-state index is 11.5. The Morgan fingerprint density at radius 1 is 1.41 bits per heavy atom. The highest BCUT2D eigenvalue weighted by Crippen LogP contribution is 2.15. The lowest BCUT2D eigenvalue weighted by Gasteiger charge is -2.20. The van der Waals surface area contributed by atoms with E-state index >= 15 is 0 Å². The molecule has 1 rings (SSSR count). The number of rotatable bonds is 2. The van der Waals surface area contributed by atoms with Crippen LogP contribution in [-0.2, 0) is 11.3 Å². The number of aryl methyl sites for hydroxylation is 1. The van der Waals surface area contributed by atoms with Crippen LogP contribution < -0.4 is 5.32 Å². The molecule has 0 saturated carbocycles. The zero-order chi connectivity index (χ0) is 13.1. The van der Waals surface area contributed by atoms with Crippen LogP contribution in [0, 0.1) is 6.92 Å². The molecule has 0 aromatic heterocycles. The molecule has 1 amide bonds. The van der Waals surface area contributed by atoms with E-state index in [1.54, 1.807) is 0 Å². The third-order valence-electron chi connectivity index (χ3n) is 2.13. The first-order chi connectivity index (χ1) is 7.78. The quantitative estimate of drug-likeness (QED) is 0.876. The van der Waals surface area contributed by atoms with Crippen LogP contribution in [0.5, 0.6) is 0 Å². The third kappa shape index (κ3) is 5.09. The molecule has 0 saturated heterocycles. The number of carbonyl (C=O) groups is 1. The summed E-state index contributed by atoms with van der Waals surface area (Å²) >= 11 is 5.89. The van der Waals surface area contributed by atoms with E-state index < -0.39 is 11.7 Å². The second-order valence-electron chi connectivity index (χ2n) is 4.93. The van der Waals surface area contributed by atoms with Gasteiger partial charge in [-0.2, -0.15) is 0 Å². The molecule has 1 N–H and O–H groups in total. The van der Waals surface area contributed by atoms with Gasteiger partial charge in [0.15, 0.2) is 0 Å². The van der Waals surface area contributed by atoms with Crippen molar-refractivity contribution in [2.75, 3.05) is 0 Å². The molecular formula is C13H18ClNO2. The predicted octanol–water partition coefficient (Wildman–Crippen LogP) is 3.67. The summed E-state index contributed by atoms with van der Waals surface area (Å²) in [7, 11) is 0. The Bertz CT molecular complexity index is 410. The molecule has 17 heavy (non-hydrogen) atoms. The van der Waals surface area contributed by atoms with Crippen molar-refractivity contribution in [2.24, 2.45) is 0 Å². The summed E-state index contributed by atoms with van der Waals surface area (Å²) in [6.07, 6.45) is -0.420. The molecule has 0 aliphatic heterocycles. The first-order valence-corrected chi connectivity index (χ1v) is 5.87. The molecule has 1 aromatic rings. The number of amides is 1. The van der Waals surface area contributed by atoms with Crippen molar-refractivity contribution in [2.45, 2.75) is 39.8 Å². The van der Waals surface area contributed by atoms with E-state index in [4.69, 9.17) is 16.3 Å². The molecular weight excluding hydrogens is 238 g/mol. The highest BCUT2D eigenvalue weighted by Gasteiger charge is 2.15. The molecule has 1 aromatic carbocycles. The minimum Gasteiger partial charge on any atom is -0.444 e. The minimum absolute atomic E-state index is 0.418. The Hall–Kier alpha value is -1.22. The Morgan fingerprint density at radius 2 is 2.06 bits per heavy atom. The molecule has 0 aliphatic carbocycles. The van der Waals surface area contributed by atoms with Crippen LogP contribution in [-0.4, -0.2) is 11.7 Å². The third-order valence-corrected chi connectivity index (χ3v) is 2.37. The molecule has 0 bridgehead atoms. The van der Waals surface area contributed by atoms with E-state index in [-0.39, 0.29) is 0 Å². The van der Waals surface area contributed by atoms with Crippen molar-refractivity contribution in [1.82, 2.24) is 5.32 Å². The lowest BCUT2D eigenvalue weighted by atomic mass is 10.1. The molecule has 0 spiro atoms. The zero-order valence-electron chi connectivity index (χ0n) is 10.6. The first kappa shape index (κ1) is 13.8. The Balaban J connectivity index is 2.56. The fourth-order valence-electron chi connectivity index (χ4n) is 1.31. The molecule has 94 valence electrons. The SMILES string of the molecule is Cc1ccc(Cl)cc1CNC(=O)OC(C)(C)C. The van der Waals surface area contributed by atoms with Crippen molar-refractivity contribution in [1.29, 1.82) is 0 Å². The normalized spacial score (nSPS) is 11.1. The van der Waals surface area contributed by atoms with Gasteiger partial charge < -0.3 is 10.1 Å². The van der Waals surface area contributed by atoms with Gasteiger partial charge in [0.1, 0.15) is 5.60 Å². The van der Waals surface area contributed by atoms with Crippen LogP contribution in [0.15, 0.2) is 18.2 Å². The second-order valence-corrected chi connectivity index (χ2v) is 5.36. The lowest BCUT2D eigenvalue weighted by molar-refractivity contribution is 0.0523. The number of ether oxygens (including phenoxy) is 1. The number of hydrogen-bond donors (Lipinski definition) is 1. The van der Waals surface area contributed by atoms with E-state index in [1.807, 2.05) is 45.9 Å². The second kappa shape index (κ2) is 5.41. The highest BCUT2D eigenvalue weighted by atomic mass is 35.5. The number of hydrogen-bond acceptors (Lipinski definition) is 2. The monoisotopic (exact) mass is 255 g/mol. The van der Waals surface area contributed by atoms with Gasteiger partial charge in [-0.25, -0.2) is 4.79 Å². The van der Waals surface area contributed by atoms with Crippen LogP contribution in [0.2, 0.25) is 5.02 Å². The average Bonchev–Trinajstić information content (AvgIpc) is 2.17. The molecule has 3 nitrogen and oxygen atoms in total. The van der Waals surface area contributed by atoms with Crippen LogP contribution in [0.25, 0.3) is 0 Å². The summed E-state index contributed by atoms with van der Waals surface area (Å²) < 4.78 is 5.15. The topological polar surface area (TPSA) is 38.3 Å². The Labute approximate surface area is 107 Å². The van der Waals surface area contributed by atoms with Gasteiger partial charge in [0.25, 0.3) is 0 Å². The largest absolute Gasteiger partial charge is 0.444 e. The fraction of sp³-hybridized carbons (Fsp3) is 0.462. The number of nitrogens with one attached hydrogen (secondary N) is 1. The van der Waals surface area contributed by atoms with Gasteiger partial charge in [-0.15, -0.1) is 0 Å². The van der Waals surface area contributed by atoms with Crippen molar-refractivity contribution >= 4 is 17.7 Å². The van der Waals surface area contributed by atoms with Gasteiger partial charge in [-0.1, -0.05) is 17.7 Å². The van der Waals surface area contributed by atoms with Crippen molar-refractivity contribution < 1.29 is 9.53 Å². The van der Waals surface area contributed by atoms with Crippen LogP contribution in [0.3, 0.4) is 0 Å². The van der Waals surface area contributed by atoms with Crippen LogP contribution >= 0.6 is 11.6 Å². The Kier molecular flexibility index (Phi) is 4.40. The minimum atomic E-state index is -0.479. The Morgan fingerprint density at radius 3 is 2.65 bits per heavy atom. The predicted molar refractivity (Wildman–Crippen MR) is 69.3 cm³/mol. The average molecular weight is 256 g/mol. The summed E-state index contributed by atoms with van der Waals surface area (Å²) in [6.45, 7) is 7.88. The maximum Gasteiger partial charge on any atom is 0.407 e. The van der Waals surface area contributed by atoms with Crippen molar-refractivity contribution in [3.05, 3.63) is 34.3 Å². The molecule has 0 fully saturated rings. The summed E-state index contributed by atoms with van der Waals surface area (Å²) in [4.78, 5) is 11.5. The van der Waals surface area contributed by atoms with E-state index in [9.17, 15) is 4.79 Å².